The number of nitrogens with zero attached hydrogens (tertiary/aromatic N) is 3. The third-order valence-corrected chi connectivity index (χ3v) is 3.49. The molecule has 27 heavy (non-hydrogen) atoms. The monoisotopic (exact) mass is 366 g/mol. The zero-order valence-corrected chi connectivity index (χ0v) is 15.1. The summed E-state index contributed by atoms with van der Waals surface area (Å²) in [6.07, 6.45) is 2.97. The Balaban J connectivity index is 1.71. The van der Waals surface area contributed by atoms with Crippen molar-refractivity contribution >= 4 is 18.1 Å². The first-order chi connectivity index (χ1) is 13.0. The number of ether oxygens (including phenoxy) is 2. The highest BCUT2D eigenvalue weighted by atomic mass is 16.5. The lowest BCUT2D eigenvalue weighted by Crippen LogP contribution is -2.07. The summed E-state index contributed by atoms with van der Waals surface area (Å²) in [7, 11) is 1.52. The average molecular weight is 366 g/mol. The minimum absolute atomic E-state index is 0.122. The molecule has 0 amide bonds. The topological polar surface area (TPSA) is 98.8 Å². The van der Waals surface area contributed by atoms with Crippen LogP contribution >= 0.6 is 0 Å². The second kappa shape index (κ2) is 8.13. The first kappa shape index (κ1) is 18.1. The number of hydrogen-bond acceptors (Lipinski definition) is 8. The van der Waals surface area contributed by atoms with Crippen molar-refractivity contribution in [2.75, 3.05) is 12.5 Å². The molecule has 0 aliphatic carbocycles. The predicted octanol–water partition coefficient (Wildman–Crippen LogP) is 3.36. The van der Waals surface area contributed by atoms with Crippen molar-refractivity contribution in [3.63, 3.8) is 0 Å². The van der Waals surface area contributed by atoms with Gasteiger partial charge in [0.05, 0.1) is 19.6 Å². The third kappa shape index (κ3) is 4.69. The van der Waals surface area contributed by atoms with Gasteiger partial charge < -0.3 is 13.9 Å². The second-order valence-corrected chi connectivity index (χ2v) is 5.61. The Morgan fingerprint density at radius 1 is 1.19 bits per heavy atom. The Bertz CT molecular complexity index is 948. The molecular formula is C19H18N4O4. The number of methoxy groups -OCH3 is 1. The number of rotatable bonds is 6. The van der Waals surface area contributed by atoms with Crippen molar-refractivity contribution in [1.29, 1.82) is 0 Å². The second-order valence-electron chi connectivity index (χ2n) is 5.61. The molecule has 8 heteroatoms. The van der Waals surface area contributed by atoms with E-state index in [0.717, 1.165) is 11.4 Å². The summed E-state index contributed by atoms with van der Waals surface area (Å²) in [6, 6.07) is 9.97. The van der Waals surface area contributed by atoms with Crippen molar-refractivity contribution in [1.82, 2.24) is 9.97 Å². The van der Waals surface area contributed by atoms with Crippen LogP contribution in [0.25, 0.3) is 0 Å². The van der Waals surface area contributed by atoms with Gasteiger partial charge in [-0.3, -0.25) is 0 Å². The molecule has 0 saturated carbocycles. The molecular weight excluding hydrogens is 348 g/mol. The number of anilines is 1. The molecule has 138 valence electrons. The summed E-state index contributed by atoms with van der Waals surface area (Å²) in [6.45, 7) is 3.77. The van der Waals surface area contributed by atoms with E-state index < -0.39 is 5.97 Å². The summed E-state index contributed by atoms with van der Waals surface area (Å²) >= 11 is 0. The molecule has 3 aromatic rings. The van der Waals surface area contributed by atoms with Crippen LogP contribution < -0.4 is 14.9 Å². The molecule has 0 saturated heterocycles. The largest absolute Gasteiger partial charge is 0.496 e. The number of hydrogen-bond donors (Lipinski definition) is 1. The van der Waals surface area contributed by atoms with Gasteiger partial charge in [-0.1, -0.05) is 0 Å². The quantitative estimate of drug-likeness (QED) is 0.309. The van der Waals surface area contributed by atoms with Crippen molar-refractivity contribution in [3.05, 3.63) is 65.4 Å². The lowest BCUT2D eigenvalue weighted by atomic mass is 10.2. The van der Waals surface area contributed by atoms with Crippen LogP contribution in [0.1, 0.15) is 27.5 Å². The van der Waals surface area contributed by atoms with Crippen LogP contribution in [0.15, 0.2) is 52.2 Å². The molecule has 2 aromatic heterocycles. The molecule has 3 rings (SSSR count). The highest BCUT2D eigenvalue weighted by Crippen LogP contribution is 2.24. The van der Waals surface area contributed by atoms with E-state index in [4.69, 9.17) is 13.9 Å². The van der Waals surface area contributed by atoms with Crippen LogP contribution in [0.4, 0.5) is 5.95 Å². The average Bonchev–Trinajstić information content (AvgIpc) is 3.16. The minimum Gasteiger partial charge on any atom is -0.496 e. The standard InChI is InChI=1S/C19H18N4O4/c1-12-9-13(2)22-19(21-12)23-20-11-14-6-7-15(10-17(14)25-3)27-18(24)16-5-4-8-26-16/h4-11H,1-3H3,(H,21,22,23). The normalized spacial score (nSPS) is 10.8. The predicted molar refractivity (Wildman–Crippen MR) is 99.4 cm³/mol. The Morgan fingerprint density at radius 3 is 2.63 bits per heavy atom. The van der Waals surface area contributed by atoms with E-state index >= 15 is 0 Å². The lowest BCUT2D eigenvalue weighted by molar-refractivity contribution is 0.0701. The third-order valence-electron chi connectivity index (χ3n) is 3.49. The van der Waals surface area contributed by atoms with Crippen LogP contribution in [0, 0.1) is 13.8 Å². The Morgan fingerprint density at radius 2 is 1.96 bits per heavy atom. The molecule has 1 N–H and O–H groups in total. The van der Waals surface area contributed by atoms with Crippen LogP contribution in [0.3, 0.4) is 0 Å². The summed E-state index contributed by atoms with van der Waals surface area (Å²) in [5.41, 5.74) is 5.17. The van der Waals surface area contributed by atoms with Crippen molar-refractivity contribution in [2.24, 2.45) is 5.10 Å². The summed E-state index contributed by atoms with van der Waals surface area (Å²) in [5, 5.41) is 4.13. The number of aromatic nitrogens is 2. The van der Waals surface area contributed by atoms with Gasteiger partial charge in [0.2, 0.25) is 11.7 Å². The van der Waals surface area contributed by atoms with E-state index in [0.29, 0.717) is 23.0 Å². The smallest absolute Gasteiger partial charge is 0.379 e. The van der Waals surface area contributed by atoms with Gasteiger partial charge in [0.25, 0.3) is 0 Å². The van der Waals surface area contributed by atoms with Crippen LogP contribution in [0.2, 0.25) is 0 Å². The SMILES string of the molecule is COc1cc(OC(=O)c2ccco2)ccc1C=NNc1nc(C)cc(C)n1. The fourth-order valence-electron chi connectivity index (χ4n) is 2.35. The lowest BCUT2D eigenvalue weighted by Gasteiger charge is -2.08. The maximum atomic E-state index is 11.9. The Kier molecular flexibility index (Phi) is 5.46. The number of hydrazone groups is 1. The van der Waals surface area contributed by atoms with Crippen molar-refractivity contribution < 1.29 is 18.7 Å². The molecule has 0 bridgehead atoms. The maximum absolute atomic E-state index is 11.9. The zero-order chi connectivity index (χ0) is 19.2. The Hall–Kier alpha value is -3.68. The number of carbonyl (C=O) groups excluding carboxylic acids is 1. The number of nitrogens with one attached hydrogen (secondary N) is 1. The van der Waals surface area contributed by atoms with Crippen LogP contribution in [-0.2, 0) is 0 Å². The van der Waals surface area contributed by atoms with Gasteiger partial charge >= 0.3 is 5.97 Å². The molecule has 0 aliphatic rings. The minimum atomic E-state index is -0.586. The first-order valence-electron chi connectivity index (χ1n) is 8.10. The van der Waals surface area contributed by atoms with Crippen molar-refractivity contribution in [2.45, 2.75) is 13.8 Å². The van der Waals surface area contributed by atoms with Gasteiger partial charge in [-0.2, -0.15) is 5.10 Å². The number of benzene rings is 1. The van der Waals surface area contributed by atoms with E-state index in [1.165, 1.54) is 19.4 Å². The van der Waals surface area contributed by atoms with E-state index in [1.54, 1.807) is 30.5 Å². The van der Waals surface area contributed by atoms with E-state index in [1.807, 2.05) is 19.9 Å². The number of aryl methyl sites for hydroxylation is 2. The number of furan rings is 1. The molecule has 0 unspecified atom stereocenters. The van der Waals surface area contributed by atoms with E-state index in [9.17, 15) is 4.79 Å². The highest BCUT2D eigenvalue weighted by Gasteiger charge is 2.12. The summed E-state index contributed by atoms with van der Waals surface area (Å²) < 4.78 is 15.6. The molecule has 2 heterocycles. The highest BCUT2D eigenvalue weighted by molar-refractivity contribution is 5.89. The van der Waals surface area contributed by atoms with Gasteiger partial charge in [0, 0.05) is 23.0 Å². The molecule has 0 atom stereocenters. The maximum Gasteiger partial charge on any atom is 0.379 e. The summed E-state index contributed by atoms with van der Waals surface area (Å²) in [4.78, 5) is 20.4. The Labute approximate surface area is 155 Å². The molecule has 0 fully saturated rings. The van der Waals surface area contributed by atoms with Crippen molar-refractivity contribution in [3.8, 4) is 11.5 Å². The molecule has 1 aromatic carbocycles. The molecule has 0 spiro atoms. The number of esters is 1. The molecule has 0 aliphatic heterocycles. The van der Waals surface area contributed by atoms with Gasteiger partial charge in [-0.05, 0) is 44.2 Å². The van der Waals surface area contributed by atoms with Gasteiger partial charge in [-0.15, -0.1) is 0 Å². The summed E-state index contributed by atoms with van der Waals surface area (Å²) in [5.74, 6) is 0.767. The van der Waals surface area contributed by atoms with E-state index in [2.05, 4.69) is 20.5 Å². The molecule has 8 nitrogen and oxygen atoms in total. The van der Waals surface area contributed by atoms with Crippen LogP contribution in [0.5, 0.6) is 11.5 Å². The zero-order valence-electron chi connectivity index (χ0n) is 15.1. The van der Waals surface area contributed by atoms with Crippen LogP contribution in [-0.4, -0.2) is 29.3 Å². The van der Waals surface area contributed by atoms with Gasteiger partial charge in [0.15, 0.2) is 0 Å². The van der Waals surface area contributed by atoms with Gasteiger partial charge in [-0.25, -0.2) is 20.2 Å². The number of carbonyl (C=O) groups is 1. The molecule has 0 radical (unpaired) electrons. The fraction of sp³-hybridized carbons (Fsp3) is 0.158. The first-order valence-corrected chi connectivity index (χ1v) is 8.10. The fourth-order valence-corrected chi connectivity index (χ4v) is 2.35. The van der Waals surface area contributed by atoms with E-state index in [-0.39, 0.29) is 5.76 Å². The van der Waals surface area contributed by atoms with Gasteiger partial charge in [0.1, 0.15) is 11.5 Å².